The molecule has 0 spiro atoms. The summed E-state index contributed by atoms with van der Waals surface area (Å²) in [5.74, 6) is 2.43. The first-order valence-corrected chi connectivity index (χ1v) is 11.2. The Kier molecular flexibility index (Phi) is 8.01. The maximum Gasteiger partial charge on any atom is 0.163 e. The Balaban J connectivity index is 1.24. The van der Waals surface area contributed by atoms with E-state index in [1.807, 2.05) is 109 Å². The van der Waals surface area contributed by atoms with Crippen LogP contribution < -0.4 is 9.47 Å². The van der Waals surface area contributed by atoms with Gasteiger partial charge in [-0.05, 0) is 71.8 Å². The fraction of sp³-hybridized carbons (Fsp3) is 0.0323. The number of ether oxygens (including phenoxy) is 2. The van der Waals surface area contributed by atoms with Crippen LogP contribution in [-0.4, -0.2) is 11.6 Å². The molecule has 0 amide bonds. The highest BCUT2D eigenvalue weighted by Gasteiger charge is 2.04. The smallest absolute Gasteiger partial charge is 0.163 e. The molecule has 4 aromatic carbocycles. The van der Waals surface area contributed by atoms with Crippen molar-refractivity contribution < 1.29 is 19.1 Å². The Hall–Kier alpha value is -4.70. The average Bonchev–Trinajstić information content (AvgIpc) is 2.89. The minimum atomic E-state index is -0.254. The summed E-state index contributed by atoms with van der Waals surface area (Å²) in [7, 11) is 0. The van der Waals surface area contributed by atoms with Crippen LogP contribution in [0.5, 0.6) is 23.0 Å². The van der Waals surface area contributed by atoms with E-state index in [0.717, 1.165) is 22.6 Å². The van der Waals surface area contributed by atoms with Crippen molar-refractivity contribution in [3.8, 4) is 23.0 Å². The summed E-state index contributed by atoms with van der Waals surface area (Å²) in [6.45, 7) is 0. The van der Waals surface area contributed by atoms with Crippen molar-refractivity contribution in [3.63, 3.8) is 0 Å². The first-order chi connectivity index (χ1) is 17.1. The van der Waals surface area contributed by atoms with E-state index in [-0.39, 0.29) is 18.0 Å². The van der Waals surface area contributed by atoms with Gasteiger partial charge in [-0.25, -0.2) is 0 Å². The second kappa shape index (κ2) is 12.0. The van der Waals surface area contributed by atoms with Crippen molar-refractivity contribution in [2.75, 3.05) is 0 Å². The molecule has 4 nitrogen and oxygen atoms in total. The minimum Gasteiger partial charge on any atom is -0.457 e. The van der Waals surface area contributed by atoms with Gasteiger partial charge in [-0.3, -0.25) is 9.59 Å². The van der Waals surface area contributed by atoms with E-state index in [9.17, 15) is 9.59 Å². The monoisotopic (exact) mass is 460 g/mol. The zero-order valence-corrected chi connectivity index (χ0v) is 19.0. The van der Waals surface area contributed by atoms with E-state index in [1.54, 1.807) is 12.2 Å². The third-order valence-corrected chi connectivity index (χ3v) is 4.99. The third kappa shape index (κ3) is 7.69. The number of hydrogen-bond acceptors (Lipinski definition) is 4. The molecule has 0 heterocycles. The summed E-state index contributed by atoms with van der Waals surface area (Å²) >= 11 is 0. The zero-order chi connectivity index (χ0) is 24.3. The van der Waals surface area contributed by atoms with Crippen LogP contribution in [0.1, 0.15) is 17.5 Å². The van der Waals surface area contributed by atoms with Crippen LogP contribution in [0, 0.1) is 0 Å². The van der Waals surface area contributed by atoms with Gasteiger partial charge < -0.3 is 9.47 Å². The van der Waals surface area contributed by atoms with Crippen molar-refractivity contribution in [2.45, 2.75) is 6.42 Å². The second-order valence-electron chi connectivity index (χ2n) is 7.74. The highest BCUT2D eigenvalue weighted by molar-refractivity contribution is 6.10. The summed E-state index contributed by atoms with van der Waals surface area (Å²) in [6, 6.07) is 33.8. The summed E-state index contributed by atoms with van der Waals surface area (Å²) in [5.41, 5.74) is 1.69. The zero-order valence-electron chi connectivity index (χ0n) is 19.0. The Morgan fingerprint density at radius 1 is 0.486 bits per heavy atom. The van der Waals surface area contributed by atoms with Gasteiger partial charge in [0.25, 0.3) is 0 Å². The molecular formula is C31H24O4. The van der Waals surface area contributed by atoms with E-state index < -0.39 is 0 Å². The molecule has 0 bridgehead atoms. The molecule has 0 aliphatic carbocycles. The molecule has 0 atom stereocenters. The van der Waals surface area contributed by atoms with Gasteiger partial charge in [0.1, 0.15) is 23.0 Å². The van der Waals surface area contributed by atoms with Gasteiger partial charge in [0, 0.05) is 0 Å². The van der Waals surface area contributed by atoms with E-state index in [2.05, 4.69) is 0 Å². The number of hydrogen-bond donors (Lipinski definition) is 0. The fourth-order valence-corrected chi connectivity index (χ4v) is 3.21. The number of rotatable bonds is 10. The molecule has 0 saturated carbocycles. The lowest BCUT2D eigenvalue weighted by atomic mass is 10.1. The quantitative estimate of drug-likeness (QED) is 0.181. The number of carbonyl (C=O) groups is 2. The number of allylic oxidation sites excluding steroid dienone is 2. The number of ketones is 2. The van der Waals surface area contributed by atoms with Crippen LogP contribution in [0.25, 0.3) is 12.2 Å². The molecule has 0 radical (unpaired) electrons. The molecule has 0 fully saturated rings. The minimum absolute atomic E-state index is 0.183. The molecule has 0 saturated heterocycles. The SMILES string of the molecule is O=C(C=Cc1ccc(Oc2ccccc2)cc1)CC(=O)C=Cc1ccc(Oc2ccccc2)cc1. The van der Waals surface area contributed by atoms with Crippen LogP contribution in [0.3, 0.4) is 0 Å². The van der Waals surface area contributed by atoms with Crippen LogP contribution in [0.4, 0.5) is 0 Å². The van der Waals surface area contributed by atoms with E-state index in [0.29, 0.717) is 11.5 Å². The Morgan fingerprint density at radius 3 is 1.20 bits per heavy atom. The molecule has 4 aromatic rings. The van der Waals surface area contributed by atoms with Gasteiger partial charge in [0.05, 0.1) is 6.42 Å². The Bertz CT molecular complexity index is 1200. The lowest BCUT2D eigenvalue weighted by Crippen LogP contribution is -2.01. The van der Waals surface area contributed by atoms with Crippen molar-refractivity contribution in [3.05, 3.63) is 132 Å². The molecule has 0 aliphatic heterocycles. The van der Waals surface area contributed by atoms with Gasteiger partial charge in [0.2, 0.25) is 0 Å². The van der Waals surface area contributed by atoms with Crippen LogP contribution >= 0.6 is 0 Å². The molecular weight excluding hydrogens is 436 g/mol. The molecule has 35 heavy (non-hydrogen) atoms. The van der Waals surface area contributed by atoms with Crippen LogP contribution in [-0.2, 0) is 9.59 Å². The highest BCUT2D eigenvalue weighted by Crippen LogP contribution is 2.22. The molecule has 4 heteroatoms. The third-order valence-electron chi connectivity index (χ3n) is 4.99. The number of para-hydroxylation sites is 2. The lowest BCUT2D eigenvalue weighted by Gasteiger charge is -2.05. The summed E-state index contributed by atoms with van der Waals surface area (Å²) < 4.78 is 11.5. The van der Waals surface area contributed by atoms with Crippen molar-refractivity contribution >= 4 is 23.7 Å². The Morgan fingerprint density at radius 2 is 0.829 bits per heavy atom. The molecule has 4 rings (SSSR count). The molecule has 0 unspecified atom stereocenters. The van der Waals surface area contributed by atoms with Crippen LogP contribution in [0.15, 0.2) is 121 Å². The summed E-state index contributed by atoms with van der Waals surface area (Å²) in [4.78, 5) is 24.4. The van der Waals surface area contributed by atoms with Crippen molar-refractivity contribution in [1.82, 2.24) is 0 Å². The van der Waals surface area contributed by atoms with Gasteiger partial charge in [-0.15, -0.1) is 0 Å². The van der Waals surface area contributed by atoms with E-state index in [1.165, 1.54) is 12.2 Å². The van der Waals surface area contributed by atoms with Crippen LogP contribution in [0.2, 0.25) is 0 Å². The second-order valence-corrected chi connectivity index (χ2v) is 7.74. The Labute approximate surface area is 204 Å². The maximum atomic E-state index is 12.2. The topological polar surface area (TPSA) is 52.6 Å². The first-order valence-electron chi connectivity index (χ1n) is 11.2. The van der Waals surface area contributed by atoms with E-state index in [4.69, 9.17) is 9.47 Å². The predicted molar refractivity (Wildman–Crippen MR) is 139 cm³/mol. The summed E-state index contributed by atoms with van der Waals surface area (Å²) in [6.07, 6.45) is 6.05. The molecule has 0 aliphatic rings. The van der Waals surface area contributed by atoms with Gasteiger partial charge in [-0.1, -0.05) is 72.8 Å². The molecule has 0 N–H and O–H groups in total. The predicted octanol–water partition coefficient (Wildman–Crippen LogP) is 7.53. The van der Waals surface area contributed by atoms with E-state index >= 15 is 0 Å². The van der Waals surface area contributed by atoms with Gasteiger partial charge in [0.15, 0.2) is 11.6 Å². The maximum absolute atomic E-state index is 12.2. The standard InChI is InChI=1S/C31H24O4/c32-26(17-11-24-13-19-30(20-14-24)34-28-7-3-1-4-8-28)23-27(33)18-12-25-15-21-31(22-16-25)35-29-9-5-2-6-10-29/h1-22H,23H2. The van der Waals surface area contributed by atoms with Crippen molar-refractivity contribution in [1.29, 1.82) is 0 Å². The fourth-order valence-electron chi connectivity index (χ4n) is 3.21. The van der Waals surface area contributed by atoms with Gasteiger partial charge >= 0.3 is 0 Å². The number of benzene rings is 4. The van der Waals surface area contributed by atoms with Crippen molar-refractivity contribution in [2.24, 2.45) is 0 Å². The lowest BCUT2D eigenvalue weighted by molar-refractivity contribution is -0.121. The largest absolute Gasteiger partial charge is 0.457 e. The molecule has 0 aromatic heterocycles. The summed E-state index contributed by atoms with van der Waals surface area (Å²) in [5, 5.41) is 0. The molecule has 172 valence electrons. The highest BCUT2D eigenvalue weighted by atomic mass is 16.5. The van der Waals surface area contributed by atoms with Gasteiger partial charge in [-0.2, -0.15) is 0 Å². The average molecular weight is 461 g/mol. The number of carbonyl (C=O) groups excluding carboxylic acids is 2. The normalized spacial score (nSPS) is 11.0. The first kappa shape index (κ1) is 23.5.